The maximum absolute atomic E-state index is 13.2. The van der Waals surface area contributed by atoms with Crippen LogP contribution in [0.25, 0.3) is 10.8 Å². The lowest BCUT2D eigenvalue weighted by Crippen LogP contribution is -2.13. The number of methoxy groups -OCH3 is 1. The molecule has 0 aromatic heterocycles. The number of carbonyl (C=O) groups excluding carboxylic acids is 1. The predicted molar refractivity (Wildman–Crippen MR) is 142 cm³/mol. The molecule has 4 aromatic carbocycles. The van der Waals surface area contributed by atoms with Gasteiger partial charge in [0.15, 0.2) is 5.75 Å². The predicted octanol–water partition coefficient (Wildman–Crippen LogP) is 7.08. The molecule has 0 saturated carbocycles. The molecule has 0 saturated heterocycles. The first-order chi connectivity index (χ1) is 17.5. The Balaban J connectivity index is 1.83. The third-order valence-electron chi connectivity index (χ3n) is 5.41. The van der Waals surface area contributed by atoms with Crippen molar-refractivity contribution in [3.8, 4) is 11.5 Å². The van der Waals surface area contributed by atoms with Gasteiger partial charge in [-0.2, -0.15) is 8.42 Å². The van der Waals surface area contributed by atoms with Crippen LogP contribution in [0.2, 0.25) is 10.0 Å². The third kappa shape index (κ3) is 5.52. The van der Waals surface area contributed by atoms with Crippen molar-refractivity contribution in [3.05, 3.63) is 81.8 Å². The molecule has 190 valence electrons. The molecule has 3 N–H and O–H groups in total. The Morgan fingerprint density at radius 1 is 1.03 bits per heavy atom. The van der Waals surface area contributed by atoms with E-state index in [1.165, 1.54) is 32.2 Å². The number of benzene rings is 4. The summed E-state index contributed by atoms with van der Waals surface area (Å²) in [5, 5.41) is 23.4. The van der Waals surface area contributed by atoms with Crippen LogP contribution in [-0.2, 0) is 10.1 Å². The van der Waals surface area contributed by atoms with Crippen LogP contribution in [0.1, 0.15) is 15.9 Å². The zero-order valence-electron chi connectivity index (χ0n) is 19.4. The fraction of sp³-hybridized carbons (Fsp3) is 0.0800. The number of ether oxygens (including phenoxy) is 1. The summed E-state index contributed by atoms with van der Waals surface area (Å²) in [6, 6.07) is 15.3. The first kappa shape index (κ1) is 26.4. The Morgan fingerprint density at radius 3 is 2.46 bits per heavy atom. The van der Waals surface area contributed by atoms with Crippen LogP contribution in [0.5, 0.6) is 11.5 Å². The van der Waals surface area contributed by atoms with E-state index in [4.69, 9.17) is 27.9 Å². The van der Waals surface area contributed by atoms with Crippen molar-refractivity contribution < 1.29 is 27.6 Å². The average molecular weight is 560 g/mol. The summed E-state index contributed by atoms with van der Waals surface area (Å²) >= 11 is 12.3. The SMILES string of the molecule is COc1ccc(Cl)cc1NC(=O)c1cc2ccccc2c(N=Nc2cc(S(=O)(=O)O)cc(C)c2Cl)c1O. The largest absolute Gasteiger partial charge is 0.505 e. The van der Waals surface area contributed by atoms with Crippen molar-refractivity contribution in [1.29, 1.82) is 0 Å². The fourth-order valence-electron chi connectivity index (χ4n) is 3.60. The van der Waals surface area contributed by atoms with Gasteiger partial charge in [-0.3, -0.25) is 9.35 Å². The number of nitrogens with zero attached hydrogens (tertiary/aromatic N) is 2. The summed E-state index contributed by atoms with van der Waals surface area (Å²) in [5.74, 6) is -0.774. The van der Waals surface area contributed by atoms with Crippen molar-refractivity contribution >= 4 is 67.1 Å². The number of hydrogen-bond acceptors (Lipinski definition) is 7. The Bertz CT molecular complexity index is 1690. The van der Waals surface area contributed by atoms with E-state index in [0.29, 0.717) is 32.8 Å². The van der Waals surface area contributed by atoms with Gasteiger partial charge in [0.05, 0.1) is 28.3 Å². The third-order valence-corrected chi connectivity index (χ3v) is 6.97. The van der Waals surface area contributed by atoms with Gasteiger partial charge in [-0.25, -0.2) is 0 Å². The maximum Gasteiger partial charge on any atom is 0.294 e. The first-order valence-corrected chi connectivity index (χ1v) is 12.8. The summed E-state index contributed by atoms with van der Waals surface area (Å²) in [6.45, 7) is 1.54. The van der Waals surface area contributed by atoms with Crippen LogP contribution in [0.4, 0.5) is 17.1 Å². The number of phenolic OH excluding ortho intramolecular Hbond substituents is 1. The minimum atomic E-state index is -4.53. The zero-order chi connectivity index (χ0) is 26.9. The molecule has 0 aliphatic heterocycles. The summed E-state index contributed by atoms with van der Waals surface area (Å²) in [4.78, 5) is 12.8. The molecular weight excluding hydrogens is 541 g/mol. The Labute approximate surface area is 222 Å². The van der Waals surface area contributed by atoms with Gasteiger partial charge in [-0.05, 0) is 54.3 Å². The van der Waals surface area contributed by atoms with E-state index in [0.717, 1.165) is 6.07 Å². The van der Waals surface area contributed by atoms with Crippen molar-refractivity contribution in [2.75, 3.05) is 12.4 Å². The molecule has 0 spiro atoms. The molecule has 4 aromatic rings. The van der Waals surface area contributed by atoms with Gasteiger partial charge in [0.25, 0.3) is 16.0 Å². The number of amides is 1. The van der Waals surface area contributed by atoms with Crippen molar-refractivity contribution in [2.45, 2.75) is 11.8 Å². The average Bonchev–Trinajstić information content (AvgIpc) is 2.84. The monoisotopic (exact) mass is 559 g/mol. The molecule has 0 unspecified atom stereocenters. The van der Waals surface area contributed by atoms with Crippen LogP contribution in [0.3, 0.4) is 0 Å². The highest BCUT2D eigenvalue weighted by molar-refractivity contribution is 7.85. The molecule has 0 radical (unpaired) electrons. The van der Waals surface area contributed by atoms with Crippen molar-refractivity contribution in [1.82, 2.24) is 0 Å². The highest BCUT2D eigenvalue weighted by Crippen LogP contribution is 2.41. The minimum absolute atomic E-state index is 0.0488. The second-order valence-electron chi connectivity index (χ2n) is 7.89. The summed E-state index contributed by atoms with van der Waals surface area (Å²) in [5.41, 5.74) is 0.413. The lowest BCUT2D eigenvalue weighted by molar-refractivity contribution is 0.102. The number of fused-ring (bicyclic) bond motifs is 1. The van der Waals surface area contributed by atoms with Crippen molar-refractivity contribution in [3.63, 3.8) is 0 Å². The number of anilines is 1. The molecular formula is C25H19Cl2N3O6S. The normalized spacial score (nSPS) is 11.7. The van der Waals surface area contributed by atoms with Gasteiger partial charge < -0.3 is 15.2 Å². The Hall–Kier alpha value is -3.70. The van der Waals surface area contributed by atoms with Crippen LogP contribution in [0, 0.1) is 6.92 Å². The zero-order valence-corrected chi connectivity index (χ0v) is 21.7. The minimum Gasteiger partial charge on any atom is -0.505 e. The van der Waals surface area contributed by atoms with E-state index in [-0.39, 0.29) is 22.0 Å². The van der Waals surface area contributed by atoms with Crippen LogP contribution >= 0.6 is 23.2 Å². The van der Waals surface area contributed by atoms with E-state index in [1.54, 1.807) is 36.4 Å². The molecule has 0 aliphatic carbocycles. The lowest BCUT2D eigenvalue weighted by Gasteiger charge is -2.13. The summed E-state index contributed by atoms with van der Waals surface area (Å²) < 4.78 is 37.9. The number of aryl methyl sites for hydroxylation is 1. The van der Waals surface area contributed by atoms with Gasteiger partial charge in [0, 0.05) is 10.4 Å². The van der Waals surface area contributed by atoms with Gasteiger partial charge in [0.1, 0.15) is 17.1 Å². The number of rotatable bonds is 6. The lowest BCUT2D eigenvalue weighted by atomic mass is 10.0. The number of halogens is 2. The molecule has 12 heteroatoms. The first-order valence-electron chi connectivity index (χ1n) is 10.6. The van der Waals surface area contributed by atoms with Crippen LogP contribution in [0.15, 0.2) is 75.8 Å². The van der Waals surface area contributed by atoms with E-state index >= 15 is 0 Å². The summed E-state index contributed by atoms with van der Waals surface area (Å²) in [6.07, 6.45) is 0. The number of aromatic hydroxyl groups is 1. The number of phenols is 1. The quantitative estimate of drug-likeness (QED) is 0.170. The molecule has 1 amide bonds. The van der Waals surface area contributed by atoms with Crippen LogP contribution < -0.4 is 10.1 Å². The highest BCUT2D eigenvalue weighted by Gasteiger charge is 2.20. The molecule has 0 bridgehead atoms. The van der Waals surface area contributed by atoms with Gasteiger partial charge in [-0.1, -0.05) is 47.5 Å². The second kappa shape index (κ2) is 10.3. The fourth-order valence-corrected chi connectivity index (χ4v) is 4.51. The van der Waals surface area contributed by atoms with Gasteiger partial charge in [-0.15, -0.1) is 10.2 Å². The molecule has 4 rings (SSSR count). The molecule has 0 atom stereocenters. The summed E-state index contributed by atoms with van der Waals surface area (Å²) in [7, 11) is -3.09. The topological polar surface area (TPSA) is 138 Å². The van der Waals surface area contributed by atoms with Gasteiger partial charge in [0.2, 0.25) is 0 Å². The van der Waals surface area contributed by atoms with E-state index in [1.807, 2.05) is 0 Å². The molecule has 0 heterocycles. The van der Waals surface area contributed by atoms with E-state index in [2.05, 4.69) is 15.5 Å². The Morgan fingerprint density at radius 2 is 1.76 bits per heavy atom. The maximum atomic E-state index is 13.2. The smallest absolute Gasteiger partial charge is 0.294 e. The highest BCUT2D eigenvalue weighted by atomic mass is 35.5. The number of azo groups is 1. The van der Waals surface area contributed by atoms with Crippen molar-refractivity contribution in [2.24, 2.45) is 10.2 Å². The molecule has 0 aliphatic rings. The van der Waals surface area contributed by atoms with E-state index < -0.39 is 26.7 Å². The Kier molecular flexibility index (Phi) is 7.37. The standard InChI is InChI=1S/C25H19Cl2N3O6S/c1-13-9-16(37(33,34)35)12-20(22(13)27)29-30-23-17-6-4-3-5-14(17)10-18(24(23)31)25(32)28-19-11-15(26)7-8-21(19)36-2/h3-12,31H,1-2H3,(H,28,32)(H,33,34,35). The molecule has 9 nitrogen and oxygen atoms in total. The second-order valence-corrected chi connectivity index (χ2v) is 10.1. The number of nitrogens with one attached hydrogen (secondary N) is 1. The van der Waals surface area contributed by atoms with E-state index in [9.17, 15) is 22.9 Å². The molecule has 37 heavy (non-hydrogen) atoms. The number of carbonyl (C=O) groups is 1. The molecule has 0 fully saturated rings. The number of hydrogen-bond donors (Lipinski definition) is 3. The van der Waals surface area contributed by atoms with Gasteiger partial charge >= 0.3 is 0 Å². The van der Waals surface area contributed by atoms with Crippen LogP contribution in [-0.4, -0.2) is 31.1 Å².